The Hall–Kier alpha value is -0.580. The van der Waals surface area contributed by atoms with Crippen LogP contribution in [0, 0.1) is 5.92 Å². The minimum absolute atomic E-state index is 0.179. The molecule has 0 spiro atoms. The summed E-state index contributed by atoms with van der Waals surface area (Å²) < 4.78 is 6.84. The number of benzene rings is 1. The Labute approximate surface area is 116 Å². The molecule has 0 radical (unpaired) electrons. The van der Waals surface area contributed by atoms with E-state index in [2.05, 4.69) is 21.2 Å². The van der Waals surface area contributed by atoms with Crippen molar-refractivity contribution in [3.8, 4) is 5.75 Å². The first-order valence-corrected chi connectivity index (χ1v) is 7.39. The van der Waals surface area contributed by atoms with Crippen molar-refractivity contribution in [2.45, 2.75) is 38.0 Å². The highest BCUT2D eigenvalue weighted by Crippen LogP contribution is 2.35. The van der Waals surface area contributed by atoms with Crippen LogP contribution in [0.3, 0.4) is 0 Å². The number of ether oxygens (including phenoxy) is 1. The maximum Gasteiger partial charge on any atom is 0.138 e. The molecular formula is C14H18BrNO2. The largest absolute Gasteiger partial charge is 0.508 e. The summed E-state index contributed by atoms with van der Waals surface area (Å²) in [5.74, 6) is 0.939. The van der Waals surface area contributed by atoms with Gasteiger partial charge < -0.3 is 9.84 Å². The highest BCUT2D eigenvalue weighted by atomic mass is 79.9. The van der Waals surface area contributed by atoms with Crippen LogP contribution >= 0.6 is 15.9 Å². The summed E-state index contributed by atoms with van der Waals surface area (Å²) >= 11 is 3.44. The fourth-order valence-corrected chi connectivity index (χ4v) is 3.38. The van der Waals surface area contributed by atoms with E-state index in [-0.39, 0.29) is 6.23 Å². The predicted octanol–water partition coefficient (Wildman–Crippen LogP) is 3.33. The molecule has 1 saturated heterocycles. The van der Waals surface area contributed by atoms with Gasteiger partial charge in [-0.2, -0.15) is 0 Å². The highest BCUT2D eigenvalue weighted by molar-refractivity contribution is 9.10. The molecule has 3 rings (SSSR count). The highest BCUT2D eigenvalue weighted by Gasteiger charge is 2.33. The number of aromatic hydroxyl groups is 1. The predicted molar refractivity (Wildman–Crippen MR) is 73.4 cm³/mol. The van der Waals surface area contributed by atoms with Crippen LogP contribution in [0.2, 0.25) is 0 Å². The summed E-state index contributed by atoms with van der Waals surface area (Å²) in [7, 11) is 0. The van der Waals surface area contributed by atoms with Crippen molar-refractivity contribution in [3.63, 3.8) is 0 Å². The van der Waals surface area contributed by atoms with Crippen molar-refractivity contribution in [2.75, 3.05) is 6.61 Å². The quantitative estimate of drug-likeness (QED) is 0.836. The van der Waals surface area contributed by atoms with Gasteiger partial charge in [-0.05, 0) is 37.0 Å². The normalized spacial score (nSPS) is 31.9. The smallest absolute Gasteiger partial charge is 0.138 e. The molecule has 0 amide bonds. The molecule has 2 fully saturated rings. The van der Waals surface area contributed by atoms with Gasteiger partial charge in [0.25, 0.3) is 0 Å². The van der Waals surface area contributed by atoms with E-state index in [1.54, 1.807) is 6.07 Å². The van der Waals surface area contributed by atoms with Gasteiger partial charge in [0.2, 0.25) is 0 Å². The first kappa shape index (κ1) is 12.5. The molecule has 0 aromatic heterocycles. The van der Waals surface area contributed by atoms with Crippen molar-refractivity contribution in [2.24, 2.45) is 5.92 Å². The molecule has 4 heteroatoms. The second-order valence-electron chi connectivity index (χ2n) is 5.23. The van der Waals surface area contributed by atoms with Crippen molar-refractivity contribution in [3.05, 3.63) is 28.2 Å². The molecule has 0 bridgehead atoms. The minimum atomic E-state index is -0.179. The second-order valence-corrected chi connectivity index (χ2v) is 6.15. The van der Waals surface area contributed by atoms with Gasteiger partial charge >= 0.3 is 0 Å². The van der Waals surface area contributed by atoms with E-state index >= 15 is 0 Å². The number of halogens is 1. The van der Waals surface area contributed by atoms with Crippen LogP contribution in [0.15, 0.2) is 22.7 Å². The van der Waals surface area contributed by atoms with Gasteiger partial charge in [-0.15, -0.1) is 0 Å². The Morgan fingerprint density at radius 2 is 2.11 bits per heavy atom. The molecular weight excluding hydrogens is 294 g/mol. The molecule has 2 N–H and O–H groups in total. The van der Waals surface area contributed by atoms with Crippen LogP contribution < -0.4 is 5.32 Å². The van der Waals surface area contributed by atoms with E-state index < -0.39 is 0 Å². The van der Waals surface area contributed by atoms with Crippen molar-refractivity contribution >= 4 is 15.9 Å². The van der Waals surface area contributed by atoms with Crippen LogP contribution in [0.4, 0.5) is 0 Å². The number of rotatable bonds is 1. The standard InChI is InChI=1S/C14H18BrNO2/c15-10-5-6-13(17)11(7-10)14-16-12-4-2-1-3-9(12)8-18-14/h5-7,9,12,14,16-17H,1-4,8H2/t9-,12-,14?/m0/s1. The Morgan fingerprint density at radius 1 is 1.28 bits per heavy atom. The zero-order valence-corrected chi connectivity index (χ0v) is 11.8. The monoisotopic (exact) mass is 311 g/mol. The summed E-state index contributed by atoms with van der Waals surface area (Å²) in [6.45, 7) is 0.800. The molecule has 3 nitrogen and oxygen atoms in total. The summed E-state index contributed by atoms with van der Waals surface area (Å²) in [6.07, 6.45) is 4.92. The molecule has 3 atom stereocenters. The molecule has 1 aromatic rings. The lowest BCUT2D eigenvalue weighted by atomic mass is 9.84. The van der Waals surface area contributed by atoms with E-state index in [1.807, 2.05) is 12.1 Å². The van der Waals surface area contributed by atoms with Gasteiger partial charge in [-0.3, -0.25) is 5.32 Å². The van der Waals surface area contributed by atoms with Crippen LogP contribution in [-0.2, 0) is 4.74 Å². The third-order valence-corrected chi connectivity index (χ3v) is 4.52. The number of fused-ring (bicyclic) bond motifs is 1. The van der Waals surface area contributed by atoms with Gasteiger partial charge in [0.15, 0.2) is 0 Å². The molecule has 1 heterocycles. The van der Waals surface area contributed by atoms with Crippen molar-refractivity contribution < 1.29 is 9.84 Å². The molecule has 2 aliphatic rings. The van der Waals surface area contributed by atoms with Crippen molar-refractivity contribution in [1.82, 2.24) is 5.32 Å². The van der Waals surface area contributed by atoms with Crippen LogP contribution in [-0.4, -0.2) is 17.8 Å². The summed E-state index contributed by atoms with van der Waals surface area (Å²) in [5, 5.41) is 13.5. The van der Waals surface area contributed by atoms with Gasteiger partial charge in [-0.25, -0.2) is 0 Å². The first-order chi connectivity index (χ1) is 8.74. The minimum Gasteiger partial charge on any atom is -0.508 e. The lowest BCUT2D eigenvalue weighted by Crippen LogP contribution is -2.48. The van der Waals surface area contributed by atoms with Gasteiger partial charge in [0.1, 0.15) is 12.0 Å². The molecule has 1 aromatic carbocycles. The average Bonchev–Trinajstić information content (AvgIpc) is 2.41. The number of hydrogen-bond donors (Lipinski definition) is 2. The van der Waals surface area contributed by atoms with Crippen molar-refractivity contribution in [1.29, 1.82) is 0 Å². The van der Waals surface area contributed by atoms with E-state index in [1.165, 1.54) is 25.7 Å². The zero-order chi connectivity index (χ0) is 12.5. The third kappa shape index (κ3) is 2.42. The van der Waals surface area contributed by atoms with E-state index in [9.17, 15) is 5.11 Å². The number of phenols is 1. The van der Waals surface area contributed by atoms with Gasteiger partial charge in [0.05, 0.1) is 6.61 Å². The Kier molecular flexibility index (Phi) is 3.59. The molecule has 18 heavy (non-hydrogen) atoms. The molecule has 1 aliphatic carbocycles. The molecule has 1 aliphatic heterocycles. The SMILES string of the molecule is Oc1ccc(Br)cc1C1N[C@H]2CCCC[C@H]2CO1. The van der Waals surface area contributed by atoms with E-state index in [0.717, 1.165) is 16.6 Å². The van der Waals surface area contributed by atoms with E-state index in [0.29, 0.717) is 17.7 Å². The second kappa shape index (κ2) is 5.19. The maximum atomic E-state index is 9.94. The topological polar surface area (TPSA) is 41.5 Å². The number of nitrogens with one attached hydrogen (secondary N) is 1. The maximum absolute atomic E-state index is 9.94. The summed E-state index contributed by atoms with van der Waals surface area (Å²) in [6, 6.07) is 6.01. The third-order valence-electron chi connectivity index (χ3n) is 4.02. The first-order valence-electron chi connectivity index (χ1n) is 6.60. The lowest BCUT2D eigenvalue weighted by molar-refractivity contribution is -0.0648. The number of hydrogen-bond acceptors (Lipinski definition) is 3. The molecule has 1 unspecified atom stereocenters. The Morgan fingerprint density at radius 3 is 3.00 bits per heavy atom. The van der Waals surface area contributed by atoms with Crippen LogP contribution in [0.5, 0.6) is 5.75 Å². The van der Waals surface area contributed by atoms with E-state index in [4.69, 9.17) is 4.74 Å². The van der Waals surface area contributed by atoms with Gasteiger partial charge in [-0.1, -0.05) is 28.8 Å². The van der Waals surface area contributed by atoms with Gasteiger partial charge in [0, 0.05) is 16.1 Å². The summed E-state index contributed by atoms with van der Waals surface area (Å²) in [4.78, 5) is 0. The Bertz CT molecular complexity index is 438. The lowest BCUT2D eigenvalue weighted by Gasteiger charge is -2.40. The van der Waals surface area contributed by atoms with Crippen LogP contribution in [0.25, 0.3) is 0 Å². The average molecular weight is 312 g/mol. The number of phenolic OH excluding ortho intramolecular Hbond substituents is 1. The van der Waals surface area contributed by atoms with Crippen LogP contribution in [0.1, 0.15) is 37.5 Å². The molecule has 98 valence electrons. The zero-order valence-electron chi connectivity index (χ0n) is 10.2. The fraction of sp³-hybridized carbons (Fsp3) is 0.571. The molecule has 1 saturated carbocycles. The fourth-order valence-electron chi connectivity index (χ4n) is 3.00. The summed E-state index contributed by atoms with van der Waals surface area (Å²) in [5.41, 5.74) is 0.827. The Balaban J connectivity index is 1.79.